The molecule has 0 radical (unpaired) electrons. The number of nitrogens with two attached hydrogens (primary N) is 1. The number of aromatic amines is 1. The van der Waals surface area contributed by atoms with Crippen LogP contribution in [0.25, 0.3) is 27.8 Å². The number of anilines is 1. The predicted octanol–water partition coefficient (Wildman–Crippen LogP) is 4.42. The van der Waals surface area contributed by atoms with Crippen molar-refractivity contribution in [3.8, 4) is 11.4 Å². The Labute approximate surface area is 212 Å². The summed E-state index contributed by atoms with van der Waals surface area (Å²) in [6.07, 6.45) is 5.05. The molecule has 1 aliphatic carbocycles. The fourth-order valence-corrected chi connectivity index (χ4v) is 5.90. The number of nitrogen functional groups attached to an aromatic ring is 1. The summed E-state index contributed by atoms with van der Waals surface area (Å²) in [5.41, 5.74) is 10.7. The molecule has 184 valence electrons. The van der Waals surface area contributed by atoms with E-state index in [1.165, 1.54) is 11.2 Å². The molecule has 0 unspecified atom stereocenters. The number of hydrogen-bond donors (Lipinski definition) is 2. The number of carbonyl (C=O) groups excluding carboxylic acids is 2. The third-order valence-electron chi connectivity index (χ3n) is 7.80. The van der Waals surface area contributed by atoms with Gasteiger partial charge in [-0.05, 0) is 55.9 Å². The van der Waals surface area contributed by atoms with Gasteiger partial charge in [0.1, 0.15) is 23.4 Å². The summed E-state index contributed by atoms with van der Waals surface area (Å²) in [6, 6.07) is 17.2. The molecule has 5 aromatic rings. The van der Waals surface area contributed by atoms with Crippen LogP contribution >= 0.6 is 0 Å². The Kier molecular flexibility index (Phi) is 4.85. The molecule has 2 amide bonds. The Morgan fingerprint density at radius 3 is 2.38 bits per heavy atom. The van der Waals surface area contributed by atoms with E-state index in [1.54, 1.807) is 24.3 Å². The zero-order valence-corrected chi connectivity index (χ0v) is 20.1. The Morgan fingerprint density at radius 2 is 1.65 bits per heavy atom. The molecule has 3 N–H and O–H groups in total. The van der Waals surface area contributed by atoms with E-state index in [0.29, 0.717) is 29.0 Å². The summed E-state index contributed by atoms with van der Waals surface area (Å²) in [5, 5.41) is 5.62. The van der Waals surface area contributed by atoms with Crippen molar-refractivity contribution in [2.45, 2.75) is 31.6 Å². The molecule has 1 saturated carbocycles. The van der Waals surface area contributed by atoms with E-state index in [-0.39, 0.29) is 23.7 Å². The van der Waals surface area contributed by atoms with Crippen molar-refractivity contribution >= 4 is 34.1 Å². The molecule has 2 aliphatic rings. The summed E-state index contributed by atoms with van der Waals surface area (Å²) in [5.74, 6) is 1.35. The molecular formula is C28H25N7O2. The summed E-state index contributed by atoms with van der Waals surface area (Å²) < 4.78 is 1.83. The molecular weight excluding hydrogens is 466 g/mol. The molecule has 0 saturated heterocycles. The van der Waals surface area contributed by atoms with E-state index < -0.39 is 0 Å². The number of imidazole rings is 1. The van der Waals surface area contributed by atoms with E-state index in [2.05, 4.69) is 27.2 Å². The molecule has 0 atom stereocenters. The highest BCUT2D eigenvalue weighted by Crippen LogP contribution is 2.39. The van der Waals surface area contributed by atoms with Crippen LogP contribution in [0.3, 0.4) is 0 Å². The number of nitrogens with zero attached hydrogens (tertiary/aromatic N) is 5. The van der Waals surface area contributed by atoms with Gasteiger partial charge in [-0.1, -0.05) is 30.3 Å². The van der Waals surface area contributed by atoms with Crippen molar-refractivity contribution in [3.63, 3.8) is 0 Å². The van der Waals surface area contributed by atoms with Gasteiger partial charge in [-0.15, -0.1) is 0 Å². The first-order valence-electron chi connectivity index (χ1n) is 12.6. The lowest BCUT2D eigenvalue weighted by Gasteiger charge is -2.29. The quantitative estimate of drug-likeness (QED) is 0.359. The topological polar surface area (TPSA) is 122 Å². The van der Waals surface area contributed by atoms with Gasteiger partial charge in [-0.25, -0.2) is 14.5 Å². The van der Waals surface area contributed by atoms with Crippen LogP contribution in [0.5, 0.6) is 0 Å². The number of fused-ring (bicyclic) bond motifs is 3. The molecule has 3 aromatic heterocycles. The van der Waals surface area contributed by atoms with Gasteiger partial charge in [-0.2, -0.15) is 5.10 Å². The predicted molar refractivity (Wildman–Crippen MR) is 139 cm³/mol. The SMILES string of the molecule is Nc1ncnn2c(C3CCC(CN4C(=O)c5ccccc5C4=O)CC3)nc(-c3cc4ccccc4[nH]3)c12. The van der Waals surface area contributed by atoms with Crippen molar-refractivity contribution in [2.24, 2.45) is 5.92 Å². The largest absolute Gasteiger partial charge is 0.382 e. The third-order valence-corrected chi connectivity index (χ3v) is 7.80. The van der Waals surface area contributed by atoms with Crippen LogP contribution in [0.2, 0.25) is 0 Å². The van der Waals surface area contributed by atoms with E-state index in [1.807, 2.05) is 22.7 Å². The number of carbonyl (C=O) groups is 2. The van der Waals surface area contributed by atoms with Gasteiger partial charge >= 0.3 is 0 Å². The van der Waals surface area contributed by atoms with Crippen LogP contribution in [0.1, 0.15) is 58.1 Å². The zero-order valence-electron chi connectivity index (χ0n) is 20.1. The second kappa shape index (κ2) is 8.26. The lowest BCUT2D eigenvalue weighted by atomic mass is 9.81. The standard InChI is InChI=1S/C28H25N7O2/c29-25-24-23(22-13-18-5-1-4-8-21(18)32-22)33-26(35(24)31-15-30-25)17-11-9-16(10-12-17)14-34-27(36)19-6-2-3-7-20(19)28(34)37/h1-8,13,15-17,32H,9-12,14H2,(H2,29,30,31). The molecule has 1 aliphatic heterocycles. The van der Waals surface area contributed by atoms with Gasteiger partial charge in [0.15, 0.2) is 5.82 Å². The summed E-state index contributed by atoms with van der Waals surface area (Å²) in [4.78, 5) is 39.8. The Balaban J connectivity index is 1.14. The minimum Gasteiger partial charge on any atom is -0.382 e. The highest BCUT2D eigenvalue weighted by atomic mass is 16.2. The van der Waals surface area contributed by atoms with Gasteiger partial charge in [0.05, 0.1) is 16.8 Å². The first-order chi connectivity index (χ1) is 18.1. The van der Waals surface area contributed by atoms with Crippen LogP contribution in [-0.2, 0) is 0 Å². The summed E-state index contributed by atoms with van der Waals surface area (Å²) in [6.45, 7) is 0.455. The monoisotopic (exact) mass is 491 g/mol. The summed E-state index contributed by atoms with van der Waals surface area (Å²) >= 11 is 0. The smallest absolute Gasteiger partial charge is 0.261 e. The second-order valence-corrected chi connectivity index (χ2v) is 9.98. The number of aromatic nitrogens is 5. The second-order valence-electron chi connectivity index (χ2n) is 9.98. The van der Waals surface area contributed by atoms with Gasteiger partial charge < -0.3 is 10.7 Å². The van der Waals surface area contributed by atoms with Crippen LogP contribution < -0.4 is 5.73 Å². The number of benzene rings is 2. The number of para-hydroxylation sites is 1. The normalized spacial score (nSPS) is 19.7. The van der Waals surface area contributed by atoms with Crippen LogP contribution in [0.4, 0.5) is 5.82 Å². The average molecular weight is 492 g/mol. The number of rotatable bonds is 4. The van der Waals surface area contributed by atoms with Crippen molar-refractivity contribution < 1.29 is 9.59 Å². The Hall–Kier alpha value is -4.53. The molecule has 2 aromatic carbocycles. The molecule has 4 heterocycles. The Morgan fingerprint density at radius 1 is 0.946 bits per heavy atom. The highest BCUT2D eigenvalue weighted by Gasteiger charge is 2.37. The van der Waals surface area contributed by atoms with Crippen molar-refractivity contribution in [1.82, 2.24) is 29.5 Å². The minimum absolute atomic E-state index is 0.183. The van der Waals surface area contributed by atoms with Crippen molar-refractivity contribution in [1.29, 1.82) is 0 Å². The minimum atomic E-state index is -0.183. The molecule has 0 spiro atoms. The van der Waals surface area contributed by atoms with Gasteiger partial charge in [0.25, 0.3) is 11.8 Å². The first kappa shape index (κ1) is 21.7. The first-order valence-corrected chi connectivity index (χ1v) is 12.6. The molecule has 0 bridgehead atoms. The fraction of sp³-hybridized carbons (Fsp3) is 0.250. The van der Waals surface area contributed by atoms with Gasteiger partial charge in [0, 0.05) is 23.4 Å². The fourth-order valence-electron chi connectivity index (χ4n) is 5.90. The maximum Gasteiger partial charge on any atom is 0.261 e. The maximum absolute atomic E-state index is 12.8. The molecule has 1 fully saturated rings. The average Bonchev–Trinajstić information content (AvgIpc) is 3.59. The van der Waals surface area contributed by atoms with Gasteiger partial charge in [0.2, 0.25) is 0 Å². The van der Waals surface area contributed by atoms with Gasteiger partial charge in [-0.3, -0.25) is 14.5 Å². The highest BCUT2D eigenvalue weighted by molar-refractivity contribution is 6.21. The lowest BCUT2D eigenvalue weighted by molar-refractivity contribution is 0.0614. The molecule has 9 nitrogen and oxygen atoms in total. The molecule has 37 heavy (non-hydrogen) atoms. The van der Waals surface area contributed by atoms with Crippen LogP contribution in [0, 0.1) is 5.92 Å². The summed E-state index contributed by atoms with van der Waals surface area (Å²) in [7, 11) is 0. The number of hydrogen-bond acceptors (Lipinski definition) is 6. The number of nitrogens with one attached hydrogen (secondary N) is 1. The Bertz CT molecular complexity index is 1630. The van der Waals surface area contributed by atoms with Crippen molar-refractivity contribution in [2.75, 3.05) is 12.3 Å². The van der Waals surface area contributed by atoms with E-state index >= 15 is 0 Å². The van der Waals surface area contributed by atoms with Crippen molar-refractivity contribution in [3.05, 3.63) is 77.9 Å². The number of amides is 2. The maximum atomic E-state index is 12.8. The van der Waals surface area contributed by atoms with E-state index in [9.17, 15) is 9.59 Å². The molecule has 9 heteroatoms. The van der Waals surface area contributed by atoms with E-state index in [0.717, 1.165) is 53.8 Å². The zero-order chi connectivity index (χ0) is 25.1. The number of imide groups is 1. The molecule has 7 rings (SSSR count). The lowest BCUT2D eigenvalue weighted by Crippen LogP contribution is -2.35. The van der Waals surface area contributed by atoms with Crippen LogP contribution in [0.15, 0.2) is 60.9 Å². The number of H-pyrrole nitrogens is 1. The van der Waals surface area contributed by atoms with Crippen LogP contribution in [-0.4, -0.2) is 47.8 Å². The van der Waals surface area contributed by atoms with E-state index in [4.69, 9.17) is 10.7 Å². The third kappa shape index (κ3) is 3.41.